The normalized spacial score (nSPS) is 12.1. The number of aromatic amines is 2. The van der Waals surface area contributed by atoms with Crippen molar-refractivity contribution in [1.29, 1.82) is 0 Å². The largest absolute Gasteiger partial charge is 0.480 e. The Labute approximate surface area is 179 Å². The highest BCUT2D eigenvalue weighted by molar-refractivity contribution is 5.99. The van der Waals surface area contributed by atoms with Crippen molar-refractivity contribution in [2.24, 2.45) is 0 Å². The average molecular weight is 418 g/mol. The Hall–Kier alpha value is -3.94. The van der Waals surface area contributed by atoms with Crippen molar-refractivity contribution in [3.05, 3.63) is 71.8 Å². The molecule has 0 fully saturated rings. The van der Waals surface area contributed by atoms with Gasteiger partial charge in [-0.2, -0.15) is 0 Å². The zero-order chi connectivity index (χ0) is 22.0. The van der Waals surface area contributed by atoms with Crippen LogP contribution in [0.2, 0.25) is 0 Å². The van der Waals surface area contributed by atoms with Crippen LogP contribution in [0.3, 0.4) is 0 Å². The predicted molar refractivity (Wildman–Crippen MR) is 115 cm³/mol. The van der Waals surface area contributed by atoms with E-state index in [-0.39, 0.29) is 0 Å². The van der Waals surface area contributed by atoms with Crippen LogP contribution < -0.4 is 10.3 Å². The van der Waals surface area contributed by atoms with E-state index in [4.69, 9.17) is 0 Å². The molecule has 0 bridgehead atoms. The van der Waals surface area contributed by atoms with Gasteiger partial charge in [0.1, 0.15) is 11.9 Å². The minimum absolute atomic E-state index is 0.291. The first kappa shape index (κ1) is 20.3. The second-order valence-corrected chi connectivity index (χ2v) is 7.53. The molecular weight excluding hydrogens is 394 g/mol. The van der Waals surface area contributed by atoms with E-state index in [2.05, 4.69) is 20.3 Å². The smallest absolute Gasteiger partial charge is 0.326 e. The molecule has 0 spiro atoms. The number of hydrogen-bond acceptors (Lipinski definition) is 3. The molecule has 0 saturated heterocycles. The van der Waals surface area contributed by atoms with Crippen LogP contribution in [-0.2, 0) is 11.3 Å². The van der Waals surface area contributed by atoms with E-state index in [9.17, 15) is 14.7 Å². The fraction of sp³-hybridized carbons (Fsp3) is 0.217. The van der Waals surface area contributed by atoms with Crippen molar-refractivity contribution in [2.45, 2.75) is 32.9 Å². The monoisotopic (exact) mass is 418 g/mol. The van der Waals surface area contributed by atoms with Crippen LogP contribution in [0.1, 0.15) is 28.2 Å². The maximum atomic E-state index is 12.8. The average Bonchev–Trinajstić information content (AvgIpc) is 3.34. The van der Waals surface area contributed by atoms with E-state index in [0.29, 0.717) is 29.9 Å². The third-order valence-corrected chi connectivity index (χ3v) is 5.40. The number of H-pyrrole nitrogens is 2. The maximum absolute atomic E-state index is 12.8. The molecule has 1 aromatic carbocycles. The molecule has 4 rings (SSSR count). The van der Waals surface area contributed by atoms with Crippen molar-refractivity contribution in [1.82, 2.24) is 19.9 Å². The van der Waals surface area contributed by atoms with E-state index < -0.39 is 17.9 Å². The number of pyridine rings is 1. The van der Waals surface area contributed by atoms with E-state index in [1.165, 1.54) is 0 Å². The number of benzene rings is 1. The fourth-order valence-electron chi connectivity index (χ4n) is 3.64. The summed E-state index contributed by atoms with van der Waals surface area (Å²) in [5.74, 6) is -0.787. The van der Waals surface area contributed by atoms with Crippen molar-refractivity contribution in [3.63, 3.8) is 0 Å². The molecule has 158 valence electrons. The lowest BCUT2D eigenvalue weighted by atomic mass is 10.1. The summed E-state index contributed by atoms with van der Waals surface area (Å²) in [6, 6.07) is 11.9. The second-order valence-electron chi connectivity index (χ2n) is 7.53. The molecule has 0 saturated carbocycles. The zero-order valence-electron chi connectivity index (χ0n) is 17.3. The molecule has 4 N–H and O–H groups in total. The highest BCUT2D eigenvalue weighted by Crippen LogP contribution is 2.20. The maximum Gasteiger partial charge on any atom is 0.326 e. The summed E-state index contributed by atoms with van der Waals surface area (Å²) in [4.78, 5) is 35.2. The number of nitrogens with one attached hydrogen (secondary N) is 3. The minimum Gasteiger partial charge on any atom is -0.480 e. The molecule has 0 aliphatic carbocycles. The highest BCUT2D eigenvalue weighted by Gasteiger charge is 2.21. The van der Waals surface area contributed by atoms with Gasteiger partial charge >= 0.3 is 5.97 Å². The Morgan fingerprint density at radius 3 is 2.52 bits per heavy atom. The van der Waals surface area contributed by atoms with Crippen LogP contribution >= 0.6 is 0 Å². The second kappa shape index (κ2) is 8.43. The molecular formula is C23H24N5O3+. The minimum atomic E-state index is -1.05. The number of nitrogens with zero attached hydrogens (tertiary/aromatic N) is 2. The number of hydrogen-bond donors (Lipinski definition) is 3. The summed E-state index contributed by atoms with van der Waals surface area (Å²) < 4.78 is 2.04. The zero-order valence-corrected chi connectivity index (χ0v) is 17.3. The predicted octanol–water partition coefficient (Wildman–Crippen LogP) is 2.74. The van der Waals surface area contributed by atoms with Gasteiger partial charge in [-0.15, -0.1) is 0 Å². The first-order valence-electron chi connectivity index (χ1n) is 10.0. The molecule has 3 heterocycles. The Balaban J connectivity index is 1.50. The van der Waals surface area contributed by atoms with Gasteiger partial charge in [-0.1, -0.05) is 0 Å². The van der Waals surface area contributed by atoms with Crippen molar-refractivity contribution >= 4 is 22.9 Å². The molecule has 0 radical (unpaired) electrons. The lowest BCUT2D eigenvalue weighted by molar-refractivity contribution is -0.377. The van der Waals surface area contributed by atoms with Crippen LogP contribution in [0.15, 0.2) is 54.9 Å². The molecule has 0 aliphatic rings. The van der Waals surface area contributed by atoms with E-state index in [1.54, 1.807) is 18.2 Å². The molecule has 1 atom stereocenters. The van der Waals surface area contributed by atoms with Crippen molar-refractivity contribution < 1.29 is 19.7 Å². The lowest BCUT2D eigenvalue weighted by Gasteiger charge is -2.16. The number of amides is 1. The van der Waals surface area contributed by atoms with Crippen LogP contribution in [0.4, 0.5) is 0 Å². The molecule has 1 amide bonds. The van der Waals surface area contributed by atoms with Crippen LogP contribution in [0, 0.1) is 13.8 Å². The summed E-state index contributed by atoms with van der Waals surface area (Å²) in [5.41, 5.74) is 4.86. The summed E-state index contributed by atoms with van der Waals surface area (Å²) in [5, 5.41) is 12.2. The number of imidazole rings is 1. The first-order chi connectivity index (χ1) is 14.9. The Morgan fingerprint density at radius 2 is 1.84 bits per heavy atom. The van der Waals surface area contributed by atoms with Gasteiger partial charge in [0.05, 0.1) is 11.0 Å². The molecule has 0 aliphatic heterocycles. The number of aliphatic carboxylic acids is 1. The van der Waals surface area contributed by atoms with Gasteiger partial charge in [-0.05, 0) is 50.6 Å². The van der Waals surface area contributed by atoms with Gasteiger partial charge in [0.2, 0.25) is 0 Å². The SMILES string of the molecule is Cc1ccc(C)n1CC[C@H](NC(=O)c1ccc2nc(-c3cc[nH+]cc3)[nH]c2c1)C(=O)O. The quantitative estimate of drug-likeness (QED) is 0.428. The Kier molecular flexibility index (Phi) is 5.53. The topological polar surface area (TPSA) is 114 Å². The van der Waals surface area contributed by atoms with Gasteiger partial charge in [-0.25, -0.2) is 14.8 Å². The van der Waals surface area contributed by atoms with E-state index in [0.717, 1.165) is 22.5 Å². The van der Waals surface area contributed by atoms with Crippen LogP contribution in [-0.4, -0.2) is 37.6 Å². The molecule has 3 aromatic heterocycles. The summed E-state index contributed by atoms with van der Waals surface area (Å²) in [6.07, 6.45) is 3.91. The lowest BCUT2D eigenvalue weighted by Crippen LogP contribution is -2.41. The molecule has 8 heteroatoms. The van der Waals surface area contributed by atoms with Gasteiger partial charge < -0.3 is 20.0 Å². The summed E-state index contributed by atoms with van der Waals surface area (Å²) in [6.45, 7) is 4.46. The number of carboxylic acids is 1. The molecule has 0 unspecified atom stereocenters. The van der Waals surface area contributed by atoms with Crippen LogP contribution in [0.5, 0.6) is 0 Å². The number of aryl methyl sites for hydroxylation is 2. The van der Waals surface area contributed by atoms with Gasteiger partial charge in [-0.3, -0.25) is 4.79 Å². The summed E-state index contributed by atoms with van der Waals surface area (Å²) >= 11 is 0. The van der Waals surface area contributed by atoms with Gasteiger partial charge in [0.25, 0.3) is 5.91 Å². The third kappa shape index (κ3) is 4.32. The summed E-state index contributed by atoms with van der Waals surface area (Å²) in [7, 11) is 0. The number of carbonyl (C=O) groups excluding carboxylic acids is 1. The first-order valence-corrected chi connectivity index (χ1v) is 10.0. The Bertz CT molecular complexity index is 1220. The van der Waals surface area contributed by atoms with Crippen molar-refractivity contribution in [3.8, 4) is 11.4 Å². The number of aromatic nitrogens is 4. The third-order valence-electron chi connectivity index (χ3n) is 5.40. The van der Waals surface area contributed by atoms with Crippen molar-refractivity contribution in [2.75, 3.05) is 0 Å². The number of carboxylic acid groups (broad SMARTS) is 1. The molecule has 8 nitrogen and oxygen atoms in total. The Morgan fingerprint density at radius 1 is 1.13 bits per heavy atom. The fourth-order valence-corrected chi connectivity index (χ4v) is 3.64. The number of fused-ring (bicyclic) bond motifs is 1. The van der Waals surface area contributed by atoms with E-state index in [1.807, 2.05) is 55.1 Å². The standard InChI is InChI=1S/C23H23N5O3/c1-14-3-4-15(2)28(14)12-9-19(23(30)31)27-22(29)17-5-6-18-20(13-17)26-21(25-18)16-7-10-24-11-8-16/h3-8,10-11,13,19H,9,12H2,1-2H3,(H,25,26)(H,27,29)(H,30,31)/p+1/t19-/m0/s1. The van der Waals surface area contributed by atoms with Gasteiger partial charge in [0, 0.05) is 41.2 Å². The molecule has 4 aromatic rings. The molecule has 31 heavy (non-hydrogen) atoms. The van der Waals surface area contributed by atoms with E-state index >= 15 is 0 Å². The highest BCUT2D eigenvalue weighted by atomic mass is 16.4. The van der Waals surface area contributed by atoms with Crippen LogP contribution in [0.25, 0.3) is 22.4 Å². The number of rotatable bonds is 7. The number of carbonyl (C=O) groups is 2. The van der Waals surface area contributed by atoms with Gasteiger partial charge in [0.15, 0.2) is 12.4 Å².